The summed E-state index contributed by atoms with van der Waals surface area (Å²) in [6.07, 6.45) is 3.19. The van der Waals surface area contributed by atoms with Crippen LogP contribution in [0.1, 0.15) is 63.5 Å². The Hall–Kier alpha value is -4.27. The molecule has 57 heavy (non-hydrogen) atoms. The zero-order valence-corrected chi connectivity index (χ0v) is 35.2. The first-order valence-electron chi connectivity index (χ1n) is 20.4. The summed E-state index contributed by atoms with van der Waals surface area (Å²) in [4.78, 5) is 45.3. The van der Waals surface area contributed by atoms with Crippen molar-refractivity contribution in [2.45, 2.75) is 95.2 Å². The molecule has 0 aromatic heterocycles. The van der Waals surface area contributed by atoms with Crippen molar-refractivity contribution < 1.29 is 43.5 Å². The minimum absolute atomic E-state index is 0.0559. The molecule has 6 rings (SSSR count). The molecule has 3 aromatic rings. The molecule has 0 saturated carbocycles. The number of amides is 2. The number of rotatable bonds is 18. The molecule has 1 spiro atoms. The van der Waals surface area contributed by atoms with Gasteiger partial charge in [0.1, 0.15) is 11.5 Å². The lowest BCUT2D eigenvalue weighted by molar-refractivity contribution is -0.146. The van der Waals surface area contributed by atoms with Crippen molar-refractivity contribution in [1.29, 1.82) is 0 Å². The van der Waals surface area contributed by atoms with E-state index in [9.17, 15) is 19.8 Å². The maximum absolute atomic E-state index is 15.2. The molecule has 1 unspecified atom stereocenters. The van der Waals surface area contributed by atoms with Gasteiger partial charge in [-0.15, -0.1) is 0 Å². The van der Waals surface area contributed by atoms with Crippen molar-refractivity contribution in [3.05, 3.63) is 71.8 Å². The van der Waals surface area contributed by atoms with Crippen LogP contribution in [0.5, 0.6) is 11.5 Å². The molecule has 5 atom stereocenters. The number of fused-ring (bicyclic) bond motifs is 3. The predicted molar refractivity (Wildman–Crippen MR) is 223 cm³/mol. The molecule has 0 radical (unpaired) electrons. The topological polar surface area (TPSA) is 147 Å². The molecular formula is C44H59N3O9Si. The number of nitrogens with zero attached hydrogens (tertiary/aromatic N) is 2. The summed E-state index contributed by atoms with van der Waals surface area (Å²) in [5.41, 5.74) is 2.32. The molecule has 308 valence electrons. The summed E-state index contributed by atoms with van der Waals surface area (Å²) >= 11 is 0. The molecule has 1 saturated heterocycles. The number of anilines is 3. The van der Waals surface area contributed by atoms with Crippen molar-refractivity contribution >= 4 is 48.1 Å². The Kier molecular flexibility index (Phi) is 13.5. The van der Waals surface area contributed by atoms with E-state index in [0.717, 1.165) is 34.9 Å². The second-order valence-corrected chi connectivity index (χ2v) is 20.6. The van der Waals surface area contributed by atoms with E-state index >= 15 is 4.79 Å². The number of esters is 1. The number of aliphatic hydroxyl groups excluding tert-OH is 2. The molecule has 13 heteroatoms. The van der Waals surface area contributed by atoms with Crippen LogP contribution in [-0.4, -0.2) is 95.3 Å². The zero-order valence-electron chi connectivity index (χ0n) is 34.2. The number of nitrogens with one attached hydrogen (secondary N) is 1. The predicted octanol–water partition coefficient (Wildman–Crippen LogP) is 5.33. The summed E-state index contributed by atoms with van der Waals surface area (Å²) in [6, 6.07) is 19.2. The van der Waals surface area contributed by atoms with Gasteiger partial charge in [0.2, 0.25) is 5.91 Å². The van der Waals surface area contributed by atoms with Gasteiger partial charge >= 0.3 is 5.97 Å². The number of carbonyl (C=O) groups excluding carboxylic acids is 3. The summed E-state index contributed by atoms with van der Waals surface area (Å²) in [5.74, 6) is 0.627. The van der Waals surface area contributed by atoms with Gasteiger partial charge in [0, 0.05) is 43.3 Å². The second-order valence-electron chi connectivity index (χ2n) is 15.9. The van der Waals surface area contributed by atoms with Crippen LogP contribution in [0.25, 0.3) is 0 Å². The molecule has 12 nitrogen and oxygen atoms in total. The van der Waals surface area contributed by atoms with Gasteiger partial charge in [-0.1, -0.05) is 37.3 Å². The summed E-state index contributed by atoms with van der Waals surface area (Å²) in [5, 5.41) is 24.4. The third kappa shape index (κ3) is 8.09. The SMILES string of the molecule is CCOc1ccc2c(c1)CC(NCCCCO)C(=O)N2c1ccc2c(c1)[C@]1(O[C@@H](CCO)[C@H]([Si](C)(C)c3ccc(OC)cc3)[C@H]1C)C(=O)N2CCCCC(=O)OC. The highest BCUT2D eigenvalue weighted by atomic mass is 28.3. The van der Waals surface area contributed by atoms with Crippen molar-refractivity contribution in [3.63, 3.8) is 0 Å². The maximum atomic E-state index is 15.2. The first kappa shape index (κ1) is 42.3. The molecule has 3 heterocycles. The smallest absolute Gasteiger partial charge is 0.305 e. The van der Waals surface area contributed by atoms with Gasteiger partial charge in [-0.25, -0.2) is 0 Å². The first-order valence-corrected chi connectivity index (χ1v) is 23.4. The van der Waals surface area contributed by atoms with Crippen molar-refractivity contribution in [3.8, 4) is 11.5 Å². The lowest BCUT2D eigenvalue weighted by Crippen LogP contribution is -2.52. The number of unbranched alkanes of at least 4 members (excludes halogenated alkanes) is 2. The Morgan fingerprint density at radius 3 is 2.37 bits per heavy atom. The van der Waals surface area contributed by atoms with Crippen LogP contribution in [0.4, 0.5) is 17.1 Å². The maximum Gasteiger partial charge on any atom is 0.305 e. The summed E-state index contributed by atoms with van der Waals surface area (Å²) in [6.45, 7) is 10.1. The Morgan fingerprint density at radius 2 is 1.68 bits per heavy atom. The van der Waals surface area contributed by atoms with Crippen molar-refractivity contribution in [1.82, 2.24) is 5.32 Å². The number of hydrogen-bond donors (Lipinski definition) is 3. The van der Waals surface area contributed by atoms with E-state index in [1.807, 2.05) is 55.5 Å². The number of hydrogen-bond acceptors (Lipinski definition) is 10. The van der Waals surface area contributed by atoms with Crippen LogP contribution in [0.15, 0.2) is 60.7 Å². The van der Waals surface area contributed by atoms with Gasteiger partial charge in [-0.2, -0.15) is 0 Å². The fraction of sp³-hybridized carbons (Fsp3) is 0.523. The fourth-order valence-corrected chi connectivity index (χ4v) is 13.5. The molecular weight excluding hydrogens is 743 g/mol. The highest BCUT2D eigenvalue weighted by Gasteiger charge is 2.66. The fourth-order valence-electron chi connectivity index (χ4n) is 9.42. The molecule has 3 aromatic carbocycles. The highest BCUT2D eigenvalue weighted by molar-refractivity contribution is 6.91. The normalized spacial score (nSPS) is 22.9. The van der Waals surface area contributed by atoms with E-state index in [4.69, 9.17) is 18.9 Å². The summed E-state index contributed by atoms with van der Waals surface area (Å²) < 4.78 is 23.4. The molecule has 0 bridgehead atoms. The Labute approximate surface area is 337 Å². The van der Waals surface area contributed by atoms with Gasteiger partial charge in [-0.3, -0.25) is 19.3 Å². The number of carbonyl (C=O) groups is 3. The van der Waals surface area contributed by atoms with Crippen molar-refractivity contribution in [2.75, 3.05) is 56.9 Å². The lowest BCUT2D eigenvalue weighted by Gasteiger charge is -2.37. The number of ether oxygens (including phenoxy) is 4. The highest BCUT2D eigenvalue weighted by Crippen LogP contribution is 2.60. The van der Waals surface area contributed by atoms with E-state index in [1.54, 1.807) is 16.9 Å². The lowest BCUT2D eigenvalue weighted by atomic mass is 9.82. The third-order valence-corrected chi connectivity index (χ3v) is 16.6. The largest absolute Gasteiger partial charge is 0.497 e. The standard InChI is InChI=1S/C44H59N3O9Si/c1-7-55-33-16-20-37-30(26-33)27-36(45-22-9-11-24-48)42(51)47(37)31-13-19-38-35(28-31)44(43(52)46(38)23-10-8-12-40(50)54-4)29(2)41(39(56-44)21-25-49)57(5,6)34-17-14-32(53-3)15-18-34/h13-20,26,28-29,36,39,41,45,48-49H,7-12,21-25,27H2,1-6H3/t29-,36?,39+,41-,44+/m1/s1. The minimum atomic E-state index is -2.42. The number of methoxy groups -OCH3 is 2. The van der Waals surface area contributed by atoms with Crippen LogP contribution in [-0.2, 0) is 35.9 Å². The van der Waals surface area contributed by atoms with E-state index in [-0.39, 0.29) is 48.9 Å². The molecule has 0 aliphatic carbocycles. The van der Waals surface area contributed by atoms with Gasteiger partial charge < -0.3 is 39.4 Å². The van der Waals surface area contributed by atoms with Crippen LogP contribution in [0.2, 0.25) is 18.6 Å². The van der Waals surface area contributed by atoms with Crippen LogP contribution in [0.3, 0.4) is 0 Å². The van der Waals surface area contributed by atoms with Gasteiger partial charge in [0.05, 0.1) is 52.4 Å². The van der Waals surface area contributed by atoms with E-state index < -0.39 is 25.8 Å². The molecule has 3 N–H and O–H groups in total. The average Bonchev–Trinajstić information content (AvgIpc) is 3.64. The van der Waals surface area contributed by atoms with Gasteiger partial charge in [0.15, 0.2) is 5.60 Å². The molecule has 3 aliphatic heterocycles. The first-order chi connectivity index (χ1) is 27.5. The summed E-state index contributed by atoms with van der Waals surface area (Å²) in [7, 11) is 0.601. The van der Waals surface area contributed by atoms with E-state index in [1.165, 1.54) is 12.3 Å². The van der Waals surface area contributed by atoms with Gasteiger partial charge in [-0.05, 0) is 112 Å². The van der Waals surface area contributed by atoms with E-state index in [0.29, 0.717) is 63.1 Å². The van der Waals surface area contributed by atoms with Gasteiger partial charge in [0.25, 0.3) is 5.91 Å². The second kappa shape index (κ2) is 18.1. The number of benzene rings is 3. The van der Waals surface area contributed by atoms with Crippen LogP contribution >= 0.6 is 0 Å². The van der Waals surface area contributed by atoms with Crippen molar-refractivity contribution in [2.24, 2.45) is 5.92 Å². The van der Waals surface area contributed by atoms with Crippen LogP contribution < -0.4 is 29.8 Å². The Morgan fingerprint density at radius 1 is 0.947 bits per heavy atom. The number of aliphatic hydroxyl groups is 2. The Bertz CT molecular complexity index is 1910. The zero-order chi connectivity index (χ0) is 40.9. The molecule has 1 fully saturated rings. The monoisotopic (exact) mass is 801 g/mol. The quantitative estimate of drug-likeness (QED) is 0.0877. The Balaban J connectivity index is 1.46. The van der Waals surface area contributed by atoms with E-state index in [2.05, 4.69) is 37.5 Å². The average molecular weight is 802 g/mol. The molecule has 2 amide bonds. The minimum Gasteiger partial charge on any atom is -0.497 e. The van der Waals surface area contributed by atoms with Crippen LogP contribution in [0, 0.1) is 5.92 Å². The third-order valence-electron chi connectivity index (χ3n) is 12.3. The molecule has 3 aliphatic rings.